The van der Waals surface area contributed by atoms with Gasteiger partial charge in [-0.05, 0) is 41.8 Å². The Kier molecular flexibility index (Phi) is 5.21. The van der Waals surface area contributed by atoms with Crippen LogP contribution in [-0.4, -0.2) is 23.7 Å². The van der Waals surface area contributed by atoms with Gasteiger partial charge in [-0.2, -0.15) is 0 Å². The molecule has 6 heteroatoms. The second-order valence-electron chi connectivity index (χ2n) is 5.21. The Hall–Kier alpha value is -3.28. The van der Waals surface area contributed by atoms with E-state index < -0.39 is 11.9 Å². The average molecular weight is 326 g/mol. The van der Waals surface area contributed by atoms with E-state index >= 15 is 0 Å². The van der Waals surface area contributed by atoms with Crippen LogP contribution >= 0.6 is 0 Å². The molecule has 2 aromatic rings. The molecular weight excluding hydrogens is 308 g/mol. The lowest BCUT2D eigenvalue weighted by molar-refractivity contribution is 0.0550. The number of ether oxygens (including phenoxy) is 1. The third kappa shape index (κ3) is 3.92. The van der Waals surface area contributed by atoms with Gasteiger partial charge in [-0.1, -0.05) is 24.8 Å². The zero-order valence-electron chi connectivity index (χ0n) is 13.0. The fraction of sp³-hybridized carbons (Fsp3) is 0.111. The van der Waals surface area contributed by atoms with E-state index in [1.165, 1.54) is 12.1 Å². The molecule has 0 aliphatic carbocycles. The maximum atomic E-state index is 12.0. The van der Waals surface area contributed by atoms with Crippen molar-refractivity contribution in [1.82, 2.24) is 0 Å². The highest BCUT2D eigenvalue weighted by Crippen LogP contribution is 2.20. The number of carbonyl (C=O) groups is 2. The van der Waals surface area contributed by atoms with Gasteiger partial charge in [0.15, 0.2) is 0 Å². The third-order valence-corrected chi connectivity index (χ3v) is 3.43. The average Bonchev–Trinajstić information content (AvgIpc) is 2.55. The molecule has 6 nitrogen and oxygen atoms in total. The Morgan fingerprint density at radius 1 is 1.04 bits per heavy atom. The first kappa shape index (κ1) is 17.1. The van der Waals surface area contributed by atoms with E-state index in [9.17, 15) is 9.59 Å². The monoisotopic (exact) mass is 326 g/mol. The number of nitrogens with two attached hydrogens (primary N) is 2. The van der Waals surface area contributed by atoms with Crippen molar-refractivity contribution in [3.63, 3.8) is 0 Å². The smallest absolute Gasteiger partial charge is 0.340 e. The van der Waals surface area contributed by atoms with Crippen LogP contribution in [0.15, 0.2) is 49.1 Å². The summed E-state index contributed by atoms with van der Waals surface area (Å²) >= 11 is 0. The van der Waals surface area contributed by atoms with Crippen LogP contribution in [0.5, 0.6) is 0 Å². The number of carbonyl (C=O) groups excluding carboxylic acids is 1. The minimum Gasteiger partial charge on any atom is -0.478 e. The fourth-order valence-corrected chi connectivity index (χ4v) is 2.24. The standard InChI is InChI=1S/C18H18N2O4/c1-2-7-24-18(23)14-10-12(4-6-16(14)20)8-11-3-5-15(19)13(9-11)17(21)22/h2-6,9-10H,1,7-8,19-20H2,(H,21,22). The zero-order chi connectivity index (χ0) is 17.7. The van der Waals surface area contributed by atoms with Crippen LogP contribution in [0.2, 0.25) is 0 Å². The van der Waals surface area contributed by atoms with Crippen LogP contribution in [0.25, 0.3) is 0 Å². The number of carboxylic acid groups (broad SMARTS) is 1. The molecule has 0 saturated heterocycles. The van der Waals surface area contributed by atoms with Crippen molar-refractivity contribution >= 4 is 23.3 Å². The fourth-order valence-electron chi connectivity index (χ4n) is 2.24. The summed E-state index contributed by atoms with van der Waals surface area (Å²) in [4.78, 5) is 23.1. The molecule has 2 aromatic carbocycles. The summed E-state index contributed by atoms with van der Waals surface area (Å²) in [6, 6.07) is 9.84. The highest BCUT2D eigenvalue weighted by atomic mass is 16.5. The first-order chi connectivity index (χ1) is 11.4. The van der Waals surface area contributed by atoms with E-state index in [1.807, 2.05) is 0 Å². The molecule has 0 saturated carbocycles. The number of hydrogen-bond donors (Lipinski definition) is 3. The number of aromatic carboxylic acids is 1. The van der Waals surface area contributed by atoms with Crippen molar-refractivity contribution in [2.45, 2.75) is 6.42 Å². The Morgan fingerprint density at radius 3 is 2.12 bits per heavy atom. The lowest BCUT2D eigenvalue weighted by Crippen LogP contribution is -2.09. The normalized spacial score (nSPS) is 10.2. The summed E-state index contributed by atoms with van der Waals surface area (Å²) in [6.45, 7) is 3.58. The van der Waals surface area contributed by atoms with Crippen LogP contribution in [0.3, 0.4) is 0 Å². The number of nitrogen functional groups attached to an aromatic ring is 2. The van der Waals surface area contributed by atoms with E-state index in [-0.39, 0.29) is 23.4 Å². The highest BCUT2D eigenvalue weighted by molar-refractivity contribution is 5.95. The van der Waals surface area contributed by atoms with Gasteiger partial charge >= 0.3 is 11.9 Å². The number of benzene rings is 2. The minimum atomic E-state index is -1.08. The maximum absolute atomic E-state index is 12.0. The topological polar surface area (TPSA) is 116 Å². The summed E-state index contributed by atoms with van der Waals surface area (Å²) in [6.07, 6.45) is 1.91. The molecule has 0 heterocycles. The number of rotatable bonds is 6. The van der Waals surface area contributed by atoms with E-state index in [4.69, 9.17) is 21.3 Å². The maximum Gasteiger partial charge on any atom is 0.340 e. The third-order valence-electron chi connectivity index (χ3n) is 3.43. The van der Waals surface area contributed by atoms with Gasteiger partial charge in [0.1, 0.15) is 6.61 Å². The molecule has 124 valence electrons. The molecule has 0 radical (unpaired) electrons. The SMILES string of the molecule is C=CCOC(=O)c1cc(Cc2ccc(N)c(C(=O)O)c2)ccc1N. The molecule has 0 unspecified atom stereocenters. The van der Waals surface area contributed by atoms with Gasteiger partial charge in [0.2, 0.25) is 0 Å². The predicted molar refractivity (Wildman–Crippen MR) is 92.0 cm³/mol. The van der Waals surface area contributed by atoms with Crippen LogP contribution in [0, 0.1) is 0 Å². The molecule has 0 aromatic heterocycles. The Bertz CT molecular complexity index is 800. The molecule has 0 amide bonds. The zero-order valence-corrected chi connectivity index (χ0v) is 13.0. The van der Waals surface area contributed by atoms with Gasteiger partial charge in [-0.15, -0.1) is 0 Å². The molecule has 0 aliphatic rings. The number of anilines is 2. The summed E-state index contributed by atoms with van der Waals surface area (Å²) in [5.74, 6) is -1.61. The van der Waals surface area contributed by atoms with Crippen LogP contribution in [0.1, 0.15) is 31.8 Å². The van der Waals surface area contributed by atoms with Crippen molar-refractivity contribution in [1.29, 1.82) is 0 Å². The molecule has 5 N–H and O–H groups in total. The lowest BCUT2D eigenvalue weighted by Gasteiger charge is -2.09. The summed E-state index contributed by atoms with van der Waals surface area (Å²) in [5, 5.41) is 9.13. The van der Waals surface area contributed by atoms with Gasteiger partial charge in [-0.25, -0.2) is 9.59 Å². The quantitative estimate of drug-likeness (QED) is 0.427. The molecule has 2 rings (SSSR count). The van der Waals surface area contributed by atoms with Crippen LogP contribution < -0.4 is 11.5 Å². The van der Waals surface area contributed by atoms with Crippen molar-refractivity contribution < 1.29 is 19.4 Å². The van der Waals surface area contributed by atoms with Crippen LogP contribution in [0.4, 0.5) is 11.4 Å². The Balaban J connectivity index is 2.27. The van der Waals surface area contributed by atoms with Gasteiger partial charge in [0, 0.05) is 11.4 Å². The minimum absolute atomic E-state index is 0.0496. The molecule has 0 bridgehead atoms. The molecule has 24 heavy (non-hydrogen) atoms. The van der Waals surface area contributed by atoms with Crippen molar-refractivity contribution in [2.75, 3.05) is 18.1 Å². The highest BCUT2D eigenvalue weighted by Gasteiger charge is 2.13. The summed E-state index contributed by atoms with van der Waals surface area (Å²) < 4.78 is 5.00. The van der Waals surface area contributed by atoms with E-state index in [0.29, 0.717) is 12.1 Å². The second kappa shape index (κ2) is 7.32. The van der Waals surface area contributed by atoms with Crippen molar-refractivity contribution in [3.05, 3.63) is 71.3 Å². The van der Waals surface area contributed by atoms with E-state index in [1.54, 1.807) is 30.3 Å². The first-order valence-corrected chi connectivity index (χ1v) is 7.20. The Morgan fingerprint density at radius 2 is 1.58 bits per heavy atom. The summed E-state index contributed by atoms with van der Waals surface area (Å²) in [5.41, 5.74) is 13.9. The van der Waals surface area contributed by atoms with Gasteiger partial charge < -0.3 is 21.3 Å². The van der Waals surface area contributed by atoms with E-state index in [2.05, 4.69) is 6.58 Å². The lowest BCUT2D eigenvalue weighted by atomic mass is 9.99. The molecule has 0 spiro atoms. The Labute approximate surface area is 139 Å². The van der Waals surface area contributed by atoms with Crippen LogP contribution in [-0.2, 0) is 11.2 Å². The van der Waals surface area contributed by atoms with Gasteiger partial charge in [0.25, 0.3) is 0 Å². The molecule has 0 atom stereocenters. The van der Waals surface area contributed by atoms with Crippen molar-refractivity contribution in [2.24, 2.45) is 0 Å². The largest absolute Gasteiger partial charge is 0.478 e. The van der Waals surface area contributed by atoms with Gasteiger partial charge in [0.05, 0.1) is 11.1 Å². The molecule has 0 fully saturated rings. The first-order valence-electron chi connectivity index (χ1n) is 7.20. The number of carboxylic acids is 1. The predicted octanol–water partition coefficient (Wildman–Crippen LogP) is 2.48. The van der Waals surface area contributed by atoms with Crippen molar-refractivity contribution in [3.8, 4) is 0 Å². The summed E-state index contributed by atoms with van der Waals surface area (Å²) in [7, 11) is 0. The molecular formula is C18H18N2O4. The van der Waals surface area contributed by atoms with Gasteiger partial charge in [-0.3, -0.25) is 0 Å². The second-order valence-corrected chi connectivity index (χ2v) is 5.21. The van der Waals surface area contributed by atoms with E-state index in [0.717, 1.165) is 11.1 Å². The number of esters is 1. The number of hydrogen-bond acceptors (Lipinski definition) is 5. The molecule has 0 aliphatic heterocycles.